The summed E-state index contributed by atoms with van der Waals surface area (Å²) in [7, 11) is 0. The van der Waals surface area contributed by atoms with Crippen LogP contribution in [-0.2, 0) is 4.74 Å². The van der Waals surface area contributed by atoms with Crippen molar-refractivity contribution in [3.63, 3.8) is 0 Å². The number of aromatic nitrogens is 2. The highest BCUT2D eigenvalue weighted by Crippen LogP contribution is 2.21. The van der Waals surface area contributed by atoms with Gasteiger partial charge >= 0.3 is 0 Å². The van der Waals surface area contributed by atoms with Crippen molar-refractivity contribution in [3.8, 4) is 0 Å². The molecule has 1 atom stereocenters. The van der Waals surface area contributed by atoms with Gasteiger partial charge in [-0.2, -0.15) is 4.37 Å². The quantitative estimate of drug-likeness (QED) is 0.678. The van der Waals surface area contributed by atoms with Crippen LogP contribution < -0.4 is 4.90 Å². The molecule has 4 nitrogen and oxygen atoms in total. The monoisotopic (exact) mass is 199 g/mol. The maximum Gasteiger partial charge on any atom is 0.205 e. The van der Waals surface area contributed by atoms with Gasteiger partial charge in [0.15, 0.2) is 0 Å². The molecule has 72 valence electrons. The lowest BCUT2D eigenvalue weighted by Gasteiger charge is -2.32. The Morgan fingerprint density at radius 1 is 1.62 bits per heavy atom. The second kappa shape index (κ2) is 3.59. The highest BCUT2D eigenvalue weighted by molar-refractivity contribution is 7.09. The largest absolute Gasteiger partial charge is 0.377 e. The molecule has 1 aromatic rings. The molecule has 0 spiro atoms. The van der Waals surface area contributed by atoms with Crippen molar-refractivity contribution >= 4 is 16.7 Å². The standard InChI is InChI=1S/C8H13N3OS/c1-6-5-12-4-3-11(6)8-9-7(2)10-13-8/h6H,3-5H2,1-2H3. The first-order valence-corrected chi connectivity index (χ1v) is 5.19. The van der Waals surface area contributed by atoms with Gasteiger partial charge in [0, 0.05) is 18.1 Å². The number of hydrogen-bond acceptors (Lipinski definition) is 5. The van der Waals surface area contributed by atoms with Crippen LogP contribution in [0.15, 0.2) is 0 Å². The topological polar surface area (TPSA) is 38.2 Å². The van der Waals surface area contributed by atoms with Crippen molar-refractivity contribution in [2.24, 2.45) is 0 Å². The molecule has 2 rings (SSSR count). The Balaban J connectivity index is 2.14. The van der Waals surface area contributed by atoms with Gasteiger partial charge in [0.1, 0.15) is 5.82 Å². The van der Waals surface area contributed by atoms with Gasteiger partial charge in [-0.25, -0.2) is 4.98 Å². The van der Waals surface area contributed by atoms with E-state index >= 15 is 0 Å². The zero-order valence-electron chi connectivity index (χ0n) is 7.86. The van der Waals surface area contributed by atoms with E-state index in [4.69, 9.17) is 4.74 Å². The molecule has 0 amide bonds. The molecule has 0 N–H and O–H groups in total. The van der Waals surface area contributed by atoms with E-state index in [1.54, 1.807) is 0 Å². The third-order valence-corrected chi connectivity index (χ3v) is 2.97. The van der Waals surface area contributed by atoms with Crippen LogP contribution in [0.3, 0.4) is 0 Å². The van der Waals surface area contributed by atoms with E-state index < -0.39 is 0 Å². The Labute approximate surface area is 81.7 Å². The van der Waals surface area contributed by atoms with Crippen LogP contribution in [0, 0.1) is 6.92 Å². The minimum absolute atomic E-state index is 0.418. The summed E-state index contributed by atoms with van der Waals surface area (Å²) < 4.78 is 9.53. The van der Waals surface area contributed by atoms with E-state index in [0.29, 0.717) is 6.04 Å². The van der Waals surface area contributed by atoms with Crippen molar-refractivity contribution in [2.45, 2.75) is 19.9 Å². The molecule has 0 aromatic carbocycles. The van der Waals surface area contributed by atoms with Crippen molar-refractivity contribution in [1.82, 2.24) is 9.36 Å². The fraction of sp³-hybridized carbons (Fsp3) is 0.750. The molecular formula is C8H13N3OS. The molecule has 0 radical (unpaired) electrons. The molecule has 1 saturated heterocycles. The first-order chi connectivity index (χ1) is 6.27. The van der Waals surface area contributed by atoms with Gasteiger partial charge in [-0.15, -0.1) is 0 Å². The van der Waals surface area contributed by atoms with Crippen LogP contribution in [0.2, 0.25) is 0 Å². The fourth-order valence-electron chi connectivity index (χ4n) is 1.41. The van der Waals surface area contributed by atoms with Crippen molar-refractivity contribution in [3.05, 3.63) is 5.82 Å². The molecular weight excluding hydrogens is 186 g/mol. The number of hydrogen-bond donors (Lipinski definition) is 0. The lowest BCUT2D eigenvalue weighted by molar-refractivity contribution is 0.0989. The molecule has 1 fully saturated rings. The van der Waals surface area contributed by atoms with Crippen molar-refractivity contribution in [2.75, 3.05) is 24.7 Å². The normalized spacial score (nSPS) is 23.5. The lowest BCUT2D eigenvalue weighted by atomic mass is 10.3. The van der Waals surface area contributed by atoms with Crippen LogP contribution in [0.1, 0.15) is 12.7 Å². The number of rotatable bonds is 1. The zero-order valence-corrected chi connectivity index (χ0v) is 8.67. The number of aryl methyl sites for hydroxylation is 1. The number of nitrogens with zero attached hydrogens (tertiary/aromatic N) is 3. The molecule has 0 aliphatic carbocycles. The SMILES string of the molecule is Cc1nsc(N2CCOCC2C)n1. The van der Waals surface area contributed by atoms with Gasteiger partial charge in [-0.3, -0.25) is 0 Å². The Bertz CT molecular complexity index is 289. The van der Waals surface area contributed by atoms with E-state index in [0.717, 1.165) is 30.7 Å². The third-order valence-electron chi connectivity index (χ3n) is 2.13. The fourth-order valence-corrected chi connectivity index (χ4v) is 2.22. The summed E-state index contributed by atoms with van der Waals surface area (Å²) in [6.07, 6.45) is 0. The smallest absolute Gasteiger partial charge is 0.205 e. The first kappa shape index (κ1) is 8.90. The summed E-state index contributed by atoms with van der Waals surface area (Å²) in [5.41, 5.74) is 0. The lowest BCUT2D eigenvalue weighted by Crippen LogP contribution is -2.43. The molecule has 1 unspecified atom stereocenters. The summed E-state index contributed by atoms with van der Waals surface area (Å²) in [6.45, 7) is 6.58. The first-order valence-electron chi connectivity index (χ1n) is 4.42. The van der Waals surface area contributed by atoms with Gasteiger partial charge in [-0.1, -0.05) is 0 Å². The summed E-state index contributed by atoms with van der Waals surface area (Å²) in [5, 5.41) is 1.02. The van der Waals surface area contributed by atoms with E-state index in [1.165, 1.54) is 11.5 Å². The number of morpholine rings is 1. The predicted molar refractivity (Wildman–Crippen MR) is 52.3 cm³/mol. The van der Waals surface area contributed by atoms with Crippen LogP contribution in [-0.4, -0.2) is 35.2 Å². The minimum Gasteiger partial charge on any atom is -0.377 e. The Morgan fingerprint density at radius 3 is 3.08 bits per heavy atom. The van der Waals surface area contributed by atoms with Crippen LogP contribution in [0.4, 0.5) is 5.13 Å². The second-order valence-electron chi connectivity index (χ2n) is 3.24. The average molecular weight is 199 g/mol. The van der Waals surface area contributed by atoms with Gasteiger partial charge in [0.25, 0.3) is 0 Å². The Hall–Kier alpha value is -0.680. The van der Waals surface area contributed by atoms with Crippen LogP contribution in [0.25, 0.3) is 0 Å². The number of ether oxygens (including phenoxy) is 1. The summed E-state index contributed by atoms with van der Waals surface area (Å²) in [5.74, 6) is 0.860. The average Bonchev–Trinajstić information content (AvgIpc) is 2.53. The van der Waals surface area contributed by atoms with Gasteiger partial charge in [0.2, 0.25) is 5.13 Å². The molecule has 1 aromatic heterocycles. The maximum absolute atomic E-state index is 5.36. The highest BCUT2D eigenvalue weighted by atomic mass is 32.1. The molecule has 2 heterocycles. The molecule has 13 heavy (non-hydrogen) atoms. The summed E-state index contributed by atoms with van der Waals surface area (Å²) >= 11 is 1.47. The number of anilines is 1. The van der Waals surface area contributed by atoms with E-state index in [2.05, 4.69) is 21.2 Å². The molecule has 0 saturated carbocycles. The van der Waals surface area contributed by atoms with Gasteiger partial charge < -0.3 is 9.64 Å². The molecule has 5 heteroatoms. The maximum atomic E-state index is 5.36. The van der Waals surface area contributed by atoms with E-state index in [1.807, 2.05) is 6.92 Å². The molecule has 0 bridgehead atoms. The van der Waals surface area contributed by atoms with Crippen molar-refractivity contribution < 1.29 is 4.74 Å². The Morgan fingerprint density at radius 2 is 2.46 bits per heavy atom. The van der Waals surface area contributed by atoms with E-state index in [9.17, 15) is 0 Å². The summed E-state index contributed by atoms with van der Waals surface area (Å²) in [6, 6.07) is 0.418. The predicted octanol–water partition coefficient (Wildman–Crippen LogP) is 1.07. The zero-order chi connectivity index (χ0) is 9.26. The van der Waals surface area contributed by atoms with Crippen LogP contribution >= 0.6 is 11.5 Å². The summed E-state index contributed by atoms with van der Waals surface area (Å²) in [4.78, 5) is 6.62. The molecule has 1 aliphatic heterocycles. The van der Waals surface area contributed by atoms with Crippen molar-refractivity contribution in [1.29, 1.82) is 0 Å². The van der Waals surface area contributed by atoms with Gasteiger partial charge in [-0.05, 0) is 13.8 Å². The molecule has 1 aliphatic rings. The third kappa shape index (κ3) is 1.81. The van der Waals surface area contributed by atoms with Crippen LogP contribution in [0.5, 0.6) is 0 Å². The van der Waals surface area contributed by atoms with Gasteiger partial charge in [0.05, 0.1) is 19.3 Å². The Kier molecular flexibility index (Phi) is 2.46. The van der Waals surface area contributed by atoms with E-state index in [-0.39, 0.29) is 0 Å². The minimum atomic E-state index is 0.418. The highest BCUT2D eigenvalue weighted by Gasteiger charge is 2.21. The second-order valence-corrected chi connectivity index (χ2v) is 3.97.